The molecule has 2 fully saturated rings. The minimum Gasteiger partial charge on any atom is -0.355 e. The van der Waals surface area contributed by atoms with Crippen molar-refractivity contribution in [3.8, 4) is 0 Å². The van der Waals surface area contributed by atoms with Crippen LogP contribution >= 0.6 is 23.4 Å². The van der Waals surface area contributed by atoms with Gasteiger partial charge in [0, 0.05) is 37.2 Å². The molecule has 140 valence electrons. The molecule has 3 aromatic rings. The first-order valence-electron chi connectivity index (χ1n) is 9.10. The first-order valence-corrected chi connectivity index (χ1v) is 10.3. The highest BCUT2D eigenvalue weighted by Gasteiger charge is 2.54. The van der Waals surface area contributed by atoms with Gasteiger partial charge in [0.15, 0.2) is 5.16 Å². The second-order valence-corrected chi connectivity index (χ2v) is 8.62. The Balaban J connectivity index is 1.57. The highest BCUT2D eigenvalue weighted by Crippen LogP contribution is 2.47. The largest absolute Gasteiger partial charge is 0.355 e. The van der Waals surface area contributed by atoms with E-state index in [-0.39, 0.29) is 0 Å². The van der Waals surface area contributed by atoms with E-state index in [0.717, 1.165) is 57.8 Å². The number of nitrogens with one attached hydrogen (secondary N) is 1. The van der Waals surface area contributed by atoms with Gasteiger partial charge < -0.3 is 15.6 Å². The molecule has 0 bridgehead atoms. The molecule has 3 aromatic heterocycles. The summed E-state index contributed by atoms with van der Waals surface area (Å²) >= 11 is 8.12. The summed E-state index contributed by atoms with van der Waals surface area (Å²) in [5.74, 6) is 2.78. The minimum absolute atomic E-state index is 0.338. The van der Waals surface area contributed by atoms with E-state index in [4.69, 9.17) is 27.3 Å². The Hall–Kier alpha value is -1.90. The van der Waals surface area contributed by atoms with Crippen molar-refractivity contribution in [1.82, 2.24) is 24.9 Å². The van der Waals surface area contributed by atoms with Crippen LogP contribution in [0.25, 0.3) is 11.0 Å². The quantitative estimate of drug-likeness (QED) is 0.648. The van der Waals surface area contributed by atoms with Gasteiger partial charge in [0.25, 0.3) is 0 Å². The number of nitrogens with zero attached hydrogens (tertiary/aromatic N) is 5. The molecular formula is C18H20ClN7S. The highest BCUT2D eigenvalue weighted by molar-refractivity contribution is 7.99. The molecule has 5 rings (SSSR count). The van der Waals surface area contributed by atoms with E-state index in [1.54, 1.807) is 12.4 Å². The van der Waals surface area contributed by atoms with E-state index in [1.165, 1.54) is 11.8 Å². The highest BCUT2D eigenvalue weighted by atomic mass is 35.5. The van der Waals surface area contributed by atoms with Crippen LogP contribution in [0, 0.1) is 18.8 Å². The van der Waals surface area contributed by atoms with Crippen LogP contribution in [0.15, 0.2) is 22.4 Å². The maximum atomic E-state index is 6.66. The molecular weight excluding hydrogens is 382 g/mol. The number of fused-ring (bicyclic) bond motifs is 2. The number of piperidine rings is 1. The van der Waals surface area contributed by atoms with E-state index in [0.29, 0.717) is 23.0 Å². The van der Waals surface area contributed by atoms with Gasteiger partial charge in [-0.15, -0.1) is 0 Å². The van der Waals surface area contributed by atoms with Crippen molar-refractivity contribution in [1.29, 1.82) is 0 Å². The fraction of sp³-hybridized carbons (Fsp3) is 0.444. The molecule has 0 spiro atoms. The summed E-state index contributed by atoms with van der Waals surface area (Å²) in [7, 11) is 0. The number of aromatic nitrogens is 5. The fourth-order valence-electron chi connectivity index (χ4n) is 3.87. The lowest BCUT2D eigenvalue weighted by Crippen LogP contribution is -2.29. The molecule has 1 saturated carbocycles. The zero-order valence-corrected chi connectivity index (χ0v) is 16.7. The van der Waals surface area contributed by atoms with Crippen LogP contribution in [-0.4, -0.2) is 44.1 Å². The molecule has 0 aromatic carbocycles. The third-order valence-electron chi connectivity index (χ3n) is 5.50. The lowest BCUT2D eigenvalue weighted by atomic mass is 10.2. The number of aromatic amines is 1. The SMILES string of the molecule is CCc1[nH]c2nc(Sc3cnc(C)nc3)nc(N3CC4C(N)C4C3)c2c1Cl. The van der Waals surface area contributed by atoms with Crippen LogP contribution in [0.3, 0.4) is 0 Å². The predicted molar refractivity (Wildman–Crippen MR) is 106 cm³/mol. The maximum absolute atomic E-state index is 6.66. The Morgan fingerprint density at radius 2 is 1.96 bits per heavy atom. The van der Waals surface area contributed by atoms with Crippen molar-refractivity contribution in [2.75, 3.05) is 18.0 Å². The third-order valence-corrected chi connectivity index (χ3v) is 6.73. The van der Waals surface area contributed by atoms with Crippen LogP contribution < -0.4 is 10.6 Å². The number of rotatable bonds is 4. The second kappa shape index (κ2) is 6.32. The average Bonchev–Trinajstić information content (AvgIpc) is 3.02. The summed E-state index contributed by atoms with van der Waals surface area (Å²) in [5.41, 5.74) is 7.88. The molecule has 2 atom stereocenters. The molecule has 0 radical (unpaired) electrons. The molecule has 4 heterocycles. The van der Waals surface area contributed by atoms with E-state index >= 15 is 0 Å². The number of hydrogen-bond donors (Lipinski definition) is 2. The van der Waals surface area contributed by atoms with Crippen LogP contribution in [0.1, 0.15) is 18.4 Å². The first kappa shape index (κ1) is 17.2. The maximum Gasteiger partial charge on any atom is 0.196 e. The number of H-pyrrole nitrogens is 1. The van der Waals surface area contributed by atoms with Gasteiger partial charge in [-0.3, -0.25) is 0 Å². The number of anilines is 1. The molecule has 1 saturated heterocycles. The minimum atomic E-state index is 0.338. The van der Waals surface area contributed by atoms with Crippen molar-refractivity contribution in [3.63, 3.8) is 0 Å². The zero-order valence-electron chi connectivity index (χ0n) is 15.1. The van der Waals surface area contributed by atoms with Crippen molar-refractivity contribution in [2.45, 2.75) is 36.4 Å². The number of hydrogen-bond acceptors (Lipinski definition) is 7. The van der Waals surface area contributed by atoms with Crippen LogP contribution in [0.5, 0.6) is 0 Å². The summed E-state index contributed by atoms with van der Waals surface area (Å²) in [6.07, 6.45) is 4.41. The topological polar surface area (TPSA) is 96.6 Å². The summed E-state index contributed by atoms with van der Waals surface area (Å²) in [6.45, 7) is 5.80. The first-order chi connectivity index (χ1) is 13.0. The third kappa shape index (κ3) is 2.86. The average molecular weight is 402 g/mol. The summed E-state index contributed by atoms with van der Waals surface area (Å²) < 4.78 is 0. The van der Waals surface area contributed by atoms with E-state index < -0.39 is 0 Å². The molecule has 3 N–H and O–H groups in total. The van der Waals surface area contributed by atoms with Gasteiger partial charge in [0.05, 0.1) is 15.3 Å². The van der Waals surface area contributed by atoms with Gasteiger partial charge in [0.1, 0.15) is 17.3 Å². The lowest BCUT2D eigenvalue weighted by Gasteiger charge is -2.21. The van der Waals surface area contributed by atoms with Gasteiger partial charge >= 0.3 is 0 Å². The Labute approximate surface area is 166 Å². The zero-order chi connectivity index (χ0) is 18.7. The van der Waals surface area contributed by atoms with Crippen molar-refractivity contribution >= 4 is 40.2 Å². The Morgan fingerprint density at radius 1 is 1.26 bits per heavy atom. The molecule has 1 aliphatic carbocycles. The van der Waals surface area contributed by atoms with Gasteiger partial charge in [-0.1, -0.05) is 18.5 Å². The monoisotopic (exact) mass is 401 g/mol. The van der Waals surface area contributed by atoms with Crippen LogP contribution in [0.4, 0.5) is 5.82 Å². The van der Waals surface area contributed by atoms with Crippen LogP contribution in [0.2, 0.25) is 5.02 Å². The molecule has 2 unspecified atom stereocenters. The summed E-state index contributed by atoms with van der Waals surface area (Å²) in [4.78, 5) is 24.7. The van der Waals surface area contributed by atoms with Gasteiger partial charge in [-0.05, 0) is 36.9 Å². The van der Waals surface area contributed by atoms with Crippen LogP contribution in [-0.2, 0) is 6.42 Å². The molecule has 27 heavy (non-hydrogen) atoms. The Kier molecular flexibility index (Phi) is 4.03. The van der Waals surface area contributed by atoms with Gasteiger partial charge in [-0.2, -0.15) is 0 Å². The summed E-state index contributed by atoms with van der Waals surface area (Å²) in [6, 6.07) is 0.338. The normalized spacial score (nSPS) is 23.9. The van der Waals surface area contributed by atoms with Crippen molar-refractivity contribution in [3.05, 3.63) is 28.9 Å². The fourth-order valence-corrected chi connectivity index (χ4v) is 4.92. The van der Waals surface area contributed by atoms with E-state index in [2.05, 4.69) is 26.8 Å². The van der Waals surface area contributed by atoms with Gasteiger partial charge in [-0.25, -0.2) is 19.9 Å². The Bertz CT molecular complexity index is 1010. The Morgan fingerprint density at radius 3 is 2.63 bits per heavy atom. The number of aryl methyl sites for hydroxylation is 2. The molecule has 1 aliphatic heterocycles. The van der Waals surface area contributed by atoms with E-state index in [9.17, 15) is 0 Å². The smallest absolute Gasteiger partial charge is 0.196 e. The van der Waals surface area contributed by atoms with Crippen molar-refractivity contribution < 1.29 is 0 Å². The standard InChI is InChI=1S/C18H20ClN7S/c1-3-12-14(19)13-16(23-12)24-18(27-9-4-21-8(2)22-5-9)25-17(13)26-6-10-11(7-26)15(10)20/h4-5,10-11,15H,3,6-7,20H2,1-2H3,(H,23,24,25). The number of halogens is 1. The number of nitrogens with two attached hydrogens (primary N) is 1. The molecule has 7 nitrogen and oxygen atoms in total. The summed E-state index contributed by atoms with van der Waals surface area (Å²) in [5, 5.41) is 2.30. The molecule has 2 aliphatic rings. The van der Waals surface area contributed by atoms with E-state index in [1.807, 2.05) is 6.92 Å². The second-order valence-electron chi connectivity index (χ2n) is 7.20. The van der Waals surface area contributed by atoms with Gasteiger partial charge in [0.2, 0.25) is 0 Å². The van der Waals surface area contributed by atoms with Crippen molar-refractivity contribution in [2.24, 2.45) is 17.6 Å². The molecule has 9 heteroatoms. The predicted octanol–water partition coefficient (Wildman–Crippen LogP) is 2.82. The lowest BCUT2D eigenvalue weighted by molar-refractivity contribution is 0.732. The molecule has 0 amide bonds.